The first-order chi connectivity index (χ1) is 12.2. The van der Waals surface area contributed by atoms with Crippen molar-refractivity contribution in [3.63, 3.8) is 0 Å². The normalized spacial score (nSPS) is 14.5. The van der Waals surface area contributed by atoms with Crippen LogP contribution in [0.2, 0.25) is 5.02 Å². The topological polar surface area (TPSA) is 52.9 Å². The number of hydrogen-bond acceptors (Lipinski definition) is 3. The monoisotopic (exact) mass is 382 g/mol. The smallest absolute Gasteiger partial charge is 0.416 e. The predicted molar refractivity (Wildman–Crippen MR) is 91.1 cm³/mol. The van der Waals surface area contributed by atoms with Gasteiger partial charge in [0.1, 0.15) is 5.75 Å². The Kier molecular flexibility index (Phi) is 4.91. The summed E-state index contributed by atoms with van der Waals surface area (Å²) in [7, 11) is 0. The van der Waals surface area contributed by atoms with Gasteiger partial charge in [0.15, 0.2) is 0 Å². The molecule has 0 aliphatic carbocycles. The zero-order chi connectivity index (χ0) is 18.9. The van der Waals surface area contributed by atoms with Gasteiger partial charge in [0.05, 0.1) is 24.2 Å². The van der Waals surface area contributed by atoms with Crippen molar-refractivity contribution in [2.75, 3.05) is 6.54 Å². The van der Waals surface area contributed by atoms with Crippen LogP contribution in [0.1, 0.15) is 23.1 Å². The number of carbonyl (C=O) groups excluding carboxylic acids is 1. The summed E-state index contributed by atoms with van der Waals surface area (Å²) in [4.78, 5) is 12.4. The molecule has 2 aromatic carbocycles. The lowest BCUT2D eigenvalue weighted by Gasteiger charge is -2.14. The number of aromatic hydroxyl groups is 1. The van der Waals surface area contributed by atoms with Crippen molar-refractivity contribution in [2.45, 2.75) is 19.0 Å². The summed E-state index contributed by atoms with van der Waals surface area (Å²) in [6, 6.07) is 9.32. The van der Waals surface area contributed by atoms with Gasteiger partial charge in [-0.25, -0.2) is 5.01 Å². The molecule has 0 spiro atoms. The first-order valence-electron chi connectivity index (χ1n) is 7.77. The van der Waals surface area contributed by atoms with Crippen molar-refractivity contribution >= 4 is 23.2 Å². The lowest BCUT2D eigenvalue weighted by atomic mass is 10.1. The molecule has 0 aromatic heterocycles. The van der Waals surface area contributed by atoms with E-state index in [2.05, 4.69) is 5.10 Å². The van der Waals surface area contributed by atoms with Crippen LogP contribution < -0.4 is 0 Å². The Morgan fingerprint density at radius 3 is 2.54 bits per heavy atom. The Bertz CT molecular complexity index is 864. The first-order valence-corrected chi connectivity index (χ1v) is 8.15. The Morgan fingerprint density at radius 1 is 1.19 bits per heavy atom. The maximum absolute atomic E-state index is 12.8. The predicted octanol–water partition coefficient (Wildman–Crippen LogP) is 4.24. The van der Waals surface area contributed by atoms with Gasteiger partial charge in [-0.2, -0.15) is 18.3 Å². The van der Waals surface area contributed by atoms with Crippen molar-refractivity contribution < 1.29 is 23.1 Å². The summed E-state index contributed by atoms with van der Waals surface area (Å²) >= 11 is 5.94. The lowest BCUT2D eigenvalue weighted by molar-refractivity contribution is -0.138. The molecular weight excluding hydrogens is 369 g/mol. The number of halogens is 4. The van der Waals surface area contributed by atoms with E-state index in [-0.39, 0.29) is 22.8 Å². The number of rotatable bonds is 3. The Labute approximate surface area is 152 Å². The van der Waals surface area contributed by atoms with Crippen molar-refractivity contribution in [2.24, 2.45) is 5.10 Å². The number of phenolic OH excluding ortho intramolecular Hbond substituents is 1. The maximum Gasteiger partial charge on any atom is 0.416 e. The standard InChI is InChI=1S/C18H14ClF3N2O2/c19-15-6-3-13(18(20,21)22)9-12(15)10-17(26)24-8-7-16(23-24)11-1-4-14(25)5-2-11/h1-6,9,25H,7-8,10H2. The van der Waals surface area contributed by atoms with Crippen LogP contribution in [0.5, 0.6) is 5.75 Å². The molecule has 1 N–H and O–H groups in total. The van der Waals surface area contributed by atoms with E-state index < -0.39 is 17.6 Å². The van der Waals surface area contributed by atoms with Crippen molar-refractivity contribution in [3.8, 4) is 5.75 Å². The molecule has 2 aromatic rings. The van der Waals surface area contributed by atoms with E-state index >= 15 is 0 Å². The summed E-state index contributed by atoms with van der Waals surface area (Å²) in [5.74, 6) is -0.306. The molecule has 4 nitrogen and oxygen atoms in total. The van der Waals surface area contributed by atoms with Crippen LogP contribution in [0.15, 0.2) is 47.6 Å². The average Bonchev–Trinajstić information content (AvgIpc) is 3.06. The van der Waals surface area contributed by atoms with Gasteiger partial charge in [-0.05, 0) is 53.6 Å². The fourth-order valence-corrected chi connectivity index (χ4v) is 2.82. The lowest BCUT2D eigenvalue weighted by Crippen LogP contribution is -2.25. The highest BCUT2D eigenvalue weighted by atomic mass is 35.5. The van der Waals surface area contributed by atoms with Gasteiger partial charge in [-0.1, -0.05) is 11.6 Å². The first kappa shape index (κ1) is 18.3. The molecule has 3 rings (SSSR count). The molecule has 136 valence electrons. The summed E-state index contributed by atoms with van der Waals surface area (Å²) in [6.07, 6.45) is -4.25. The van der Waals surface area contributed by atoms with E-state index in [1.54, 1.807) is 12.1 Å². The largest absolute Gasteiger partial charge is 0.508 e. The van der Waals surface area contributed by atoms with Crippen LogP contribution in [-0.4, -0.2) is 28.3 Å². The Balaban J connectivity index is 1.76. The second-order valence-electron chi connectivity index (χ2n) is 5.84. The minimum atomic E-state index is -4.50. The number of alkyl halides is 3. The van der Waals surface area contributed by atoms with Crippen molar-refractivity contribution in [1.29, 1.82) is 0 Å². The van der Waals surface area contributed by atoms with Crippen LogP contribution >= 0.6 is 11.6 Å². The van der Waals surface area contributed by atoms with Crippen LogP contribution in [0.25, 0.3) is 0 Å². The number of benzene rings is 2. The summed E-state index contributed by atoms with van der Waals surface area (Å²) in [5, 5.41) is 14.9. The van der Waals surface area contributed by atoms with E-state index in [1.165, 1.54) is 17.1 Å². The highest BCUT2D eigenvalue weighted by Gasteiger charge is 2.31. The quantitative estimate of drug-likeness (QED) is 0.863. The molecule has 0 saturated heterocycles. The Morgan fingerprint density at radius 2 is 1.88 bits per heavy atom. The SMILES string of the molecule is O=C(Cc1cc(C(F)(F)F)ccc1Cl)N1CCC(c2ccc(O)cc2)=N1. The van der Waals surface area contributed by atoms with E-state index in [1.807, 2.05) is 0 Å². The molecule has 0 saturated carbocycles. The molecule has 1 amide bonds. The third kappa shape index (κ3) is 3.99. The molecule has 1 aliphatic rings. The molecule has 0 bridgehead atoms. The fourth-order valence-electron chi connectivity index (χ4n) is 2.63. The number of hydrogen-bond donors (Lipinski definition) is 1. The van der Waals surface area contributed by atoms with Crippen LogP contribution in [0, 0.1) is 0 Å². The number of phenols is 1. The van der Waals surface area contributed by atoms with Gasteiger partial charge < -0.3 is 5.11 Å². The second kappa shape index (κ2) is 6.99. The third-order valence-corrected chi connectivity index (χ3v) is 4.37. The molecule has 8 heteroatoms. The molecule has 1 aliphatic heterocycles. The van der Waals surface area contributed by atoms with Crippen molar-refractivity contribution in [3.05, 3.63) is 64.2 Å². The van der Waals surface area contributed by atoms with Gasteiger partial charge in [-0.3, -0.25) is 4.79 Å². The minimum absolute atomic E-state index is 0.105. The summed E-state index contributed by atoms with van der Waals surface area (Å²) in [6.45, 7) is 0.339. The van der Waals surface area contributed by atoms with E-state index in [0.717, 1.165) is 23.8 Å². The zero-order valence-corrected chi connectivity index (χ0v) is 14.2. The van der Waals surface area contributed by atoms with Crippen LogP contribution in [-0.2, 0) is 17.4 Å². The average molecular weight is 383 g/mol. The molecule has 0 atom stereocenters. The summed E-state index contributed by atoms with van der Waals surface area (Å²) in [5.41, 5.74) is 0.711. The van der Waals surface area contributed by atoms with E-state index in [4.69, 9.17) is 11.6 Å². The van der Waals surface area contributed by atoms with Crippen LogP contribution in [0.3, 0.4) is 0 Å². The molecular formula is C18H14ClF3N2O2. The van der Waals surface area contributed by atoms with Gasteiger partial charge in [0.25, 0.3) is 0 Å². The maximum atomic E-state index is 12.8. The van der Waals surface area contributed by atoms with Gasteiger partial charge >= 0.3 is 6.18 Å². The number of hydrazone groups is 1. The summed E-state index contributed by atoms with van der Waals surface area (Å²) < 4.78 is 38.5. The number of nitrogens with zero attached hydrogens (tertiary/aromatic N) is 2. The van der Waals surface area contributed by atoms with Crippen LogP contribution in [0.4, 0.5) is 13.2 Å². The third-order valence-electron chi connectivity index (χ3n) is 4.00. The highest BCUT2D eigenvalue weighted by molar-refractivity contribution is 6.31. The van der Waals surface area contributed by atoms with E-state index in [9.17, 15) is 23.1 Å². The number of amides is 1. The molecule has 0 fully saturated rings. The zero-order valence-electron chi connectivity index (χ0n) is 13.4. The number of carbonyl (C=O) groups is 1. The highest BCUT2D eigenvalue weighted by Crippen LogP contribution is 2.32. The molecule has 26 heavy (non-hydrogen) atoms. The Hall–Kier alpha value is -2.54. The molecule has 0 unspecified atom stereocenters. The molecule has 1 heterocycles. The van der Waals surface area contributed by atoms with Crippen molar-refractivity contribution in [1.82, 2.24) is 5.01 Å². The van der Waals surface area contributed by atoms with E-state index in [0.29, 0.717) is 18.7 Å². The van der Waals surface area contributed by atoms with Gasteiger partial charge in [0, 0.05) is 11.4 Å². The minimum Gasteiger partial charge on any atom is -0.508 e. The second-order valence-corrected chi connectivity index (χ2v) is 6.25. The fraction of sp³-hybridized carbons (Fsp3) is 0.222. The van der Waals surface area contributed by atoms with Gasteiger partial charge in [0.2, 0.25) is 5.91 Å². The van der Waals surface area contributed by atoms with Gasteiger partial charge in [-0.15, -0.1) is 0 Å². The molecule has 0 radical (unpaired) electrons.